The van der Waals surface area contributed by atoms with Crippen molar-refractivity contribution < 1.29 is 14.9 Å². The van der Waals surface area contributed by atoms with Crippen molar-refractivity contribution in [3.05, 3.63) is 23.3 Å². The lowest BCUT2D eigenvalue weighted by Gasteiger charge is -2.43. The fraction of sp³-hybridized carbons (Fsp3) is 0.714. The summed E-state index contributed by atoms with van der Waals surface area (Å²) in [7, 11) is 0. The van der Waals surface area contributed by atoms with Gasteiger partial charge in [-0.1, -0.05) is 33.6 Å². The maximum absolute atomic E-state index is 10.8. The number of unbranched alkanes of at least 4 members (excludes halogenated alkanes) is 2. The van der Waals surface area contributed by atoms with Crippen LogP contribution in [0.4, 0.5) is 0 Å². The molecule has 134 valence electrons. The Labute approximate surface area is 146 Å². The summed E-state index contributed by atoms with van der Waals surface area (Å²) in [5, 5.41) is 21.6. The maximum Gasteiger partial charge on any atom is 0.134 e. The molecule has 2 N–H and O–H groups in total. The lowest BCUT2D eigenvalue weighted by Crippen LogP contribution is -2.50. The second-order valence-electron chi connectivity index (χ2n) is 8.35. The quantitative estimate of drug-likeness (QED) is 0.762. The third-order valence-electron chi connectivity index (χ3n) is 6.08. The van der Waals surface area contributed by atoms with Crippen LogP contribution >= 0.6 is 0 Å². The Kier molecular flexibility index (Phi) is 4.83. The molecule has 0 radical (unpaired) electrons. The molecule has 3 rings (SSSR count). The van der Waals surface area contributed by atoms with Crippen molar-refractivity contribution in [2.75, 3.05) is 0 Å². The normalized spacial score (nSPS) is 31.7. The number of benzene rings is 1. The van der Waals surface area contributed by atoms with E-state index in [-0.39, 0.29) is 12.0 Å². The highest BCUT2D eigenvalue weighted by molar-refractivity contribution is 5.54. The van der Waals surface area contributed by atoms with E-state index in [9.17, 15) is 10.2 Å². The van der Waals surface area contributed by atoms with Crippen molar-refractivity contribution >= 4 is 0 Å². The number of aromatic hydroxyl groups is 1. The fourth-order valence-electron chi connectivity index (χ4n) is 4.67. The monoisotopic (exact) mass is 332 g/mol. The minimum atomic E-state index is -0.829. The minimum Gasteiger partial charge on any atom is -0.508 e. The molecule has 0 unspecified atom stereocenters. The average Bonchev–Trinajstić information content (AvgIpc) is 2.88. The fourth-order valence-corrected chi connectivity index (χ4v) is 4.67. The Bertz CT molecular complexity index is 591. The van der Waals surface area contributed by atoms with Gasteiger partial charge in [-0.3, -0.25) is 0 Å². The van der Waals surface area contributed by atoms with E-state index in [2.05, 4.69) is 26.8 Å². The molecule has 3 nitrogen and oxygen atoms in total. The third-order valence-corrected chi connectivity index (χ3v) is 6.08. The van der Waals surface area contributed by atoms with Crippen LogP contribution in [0.5, 0.6) is 11.5 Å². The van der Waals surface area contributed by atoms with Crippen molar-refractivity contribution in [2.24, 2.45) is 11.8 Å². The largest absolute Gasteiger partial charge is 0.508 e. The van der Waals surface area contributed by atoms with Crippen LogP contribution in [-0.2, 0) is 6.42 Å². The van der Waals surface area contributed by atoms with Crippen molar-refractivity contribution in [1.29, 1.82) is 0 Å². The van der Waals surface area contributed by atoms with Crippen LogP contribution in [0.2, 0.25) is 0 Å². The van der Waals surface area contributed by atoms with Crippen LogP contribution in [0.3, 0.4) is 0 Å². The van der Waals surface area contributed by atoms with E-state index < -0.39 is 5.60 Å². The van der Waals surface area contributed by atoms with Gasteiger partial charge >= 0.3 is 0 Å². The number of rotatable bonds is 5. The predicted molar refractivity (Wildman–Crippen MR) is 96.7 cm³/mol. The van der Waals surface area contributed by atoms with Crippen molar-refractivity contribution in [2.45, 2.75) is 83.8 Å². The molecule has 1 aliphatic carbocycles. The highest BCUT2D eigenvalue weighted by Crippen LogP contribution is 2.56. The molecule has 1 heterocycles. The van der Waals surface area contributed by atoms with Crippen LogP contribution in [0, 0.1) is 11.8 Å². The van der Waals surface area contributed by atoms with Crippen LogP contribution in [0.15, 0.2) is 12.1 Å². The van der Waals surface area contributed by atoms with Gasteiger partial charge in [-0.15, -0.1) is 0 Å². The predicted octanol–water partition coefficient (Wildman–Crippen LogP) is 4.79. The van der Waals surface area contributed by atoms with Gasteiger partial charge in [-0.25, -0.2) is 0 Å². The smallest absolute Gasteiger partial charge is 0.134 e. The molecule has 0 bridgehead atoms. The summed E-state index contributed by atoms with van der Waals surface area (Å²) in [5.41, 5.74) is 1.24. The zero-order valence-corrected chi connectivity index (χ0v) is 15.5. The molecule has 1 aliphatic heterocycles. The van der Waals surface area contributed by atoms with Gasteiger partial charge in [0.15, 0.2) is 0 Å². The van der Waals surface area contributed by atoms with Gasteiger partial charge in [0.05, 0.1) is 5.60 Å². The first-order valence-electron chi connectivity index (χ1n) is 9.60. The summed E-state index contributed by atoms with van der Waals surface area (Å²) in [6.07, 6.45) is 5.99. The first kappa shape index (κ1) is 17.6. The zero-order valence-electron chi connectivity index (χ0n) is 15.5. The molecule has 1 saturated carbocycles. The number of phenolic OH excluding ortho intramolecular Hbond substituents is 1. The van der Waals surface area contributed by atoms with Gasteiger partial charge in [-0.05, 0) is 62.1 Å². The summed E-state index contributed by atoms with van der Waals surface area (Å²) in [6.45, 7) is 8.54. The van der Waals surface area contributed by atoms with Gasteiger partial charge < -0.3 is 14.9 Å². The highest BCUT2D eigenvalue weighted by atomic mass is 16.5. The van der Waals surface area contributed by atoms with Crippen LogP contribution < -0.4 is 4.74 Å². The van der Waals surface area contributed by atoms with Gasteiger partial charge in [0.2, 0.25) is 0 Å². The van der Waals surface area contributed by atoms with Gasteiger partial charge in [0, 0.05) is 11.5 Å². The highest BCUT2D eigenvalue weighted by Gasteiger charge is 2.53. The second-order valence-corrected chi connectivity index (χ2v) is 8.35. The summed E-state index contributed by atoms with van der Waals surface area (Å²) >= 11 is 0. The number of ether oxygens (including phenoxy) is 1. The number of hydrogen-bond acceptors (Lipinski definition) is 3. The van der Waals surface area contributed by atoms with Gasteiger partial charge in [0.25, 0.3) is 0 Å². The Morgan fingerprint density at radius 1 is 1.29 bits per heavy atom. The SMILES string of the molecule is CCCCCc1cc(O)c2c(c1)O[C@H]1[C@@H]2[C@H](C(C)C)CC[C@]1(C)O. The first-order valence-corrected chi connectivity index (χ1v) is 9.60. The molecule has 1 aromatic carbocycles. The molecule has 1 fully saturated rings. The standard InChI is InChI=1S/C21H32O3/c1-5-6-7-8-14-11-16(22)19-17(12-14)24-20-18(19)15(13(2)3)9-10-21(20,4)23/h11-13,15,18,20,22-23H,5-10H2,1-4H3/t15-,18+,20-,21-/m0/s1. The van der Waals surface area contributed by atoms with E-state index in [1.165, 1.54) is 12.8 Å². The third kappa shape index (κ3) is 3.03. The number of fused-ring (bicyclic) bond motifs is 3. The van der Waals surface area contributed by atoms with Crippen molar-refractivity contribution in [1.82, 2.24) is 0 Å². The van der Waals surface area contributed by atoms with Crippen molar-refractivity contribution in [3.8, 4) is 11.5 Å². The van der Waals surface area contributed by atoms with E-state index in [0.717, 1.165) is 42.6 Å². The Balaban J connectivity index is 1.95. The zero-order chi connectivity index (χ0) is 17.5. The molecular weight excluding hydrogens is 300 g/mol. The number of hydrogen-bond donors (Lipinski definition) is 2. The van der Waals surface area contributed by atoms with Crippen LogP contribution in [0.25, 0.3) is 0 Å². The second kappa shape index (κ2) is 6.59. The summed E-state index contributed by atoms with van der Waals surface area (Å²) in [5.74, 6) is 2.19. The van der Waals surface area contributed by atoms with Crippen LogP contribution in [-0.4, -0.2) is 21.9 Å². The lowest BCUT2D eigenvalue weighted by molar-refractivity contribution is -0.0918. The molecular formula is C21H32O3. The molecule has 1 aromatic rings. The molecule has 0 aromatic heterocycles. The van der Waals surface area contributed by atoms with E-state index in [1.807, 2.05) is 13.0 Å². The molecule has 24 heavy (non-hydrogen) atoms. The van der Waals surface area contributed by atoms with Crippen molar-refractivity contribution in [3.63, 3.8) is 0 Å². The molecule has 0 spiro atoms. The summed E-state index contributed by atoms with van der Waals surface area (Å²) in [6, 6.07) is 4.01. The maximum atomic E-state index is 10.8. The topological polar surface area (TPSA) is 49.7 Å². The summed E-state index contributed by atoms with van der Waals surface area (Å²) < 4.78 is 6.22. The van der Waals surface area contributed by atoms with E-state index in [1.54, 1.807) is 0 Å². The molecule has 3 heteroatoms. The van der Waals surface area contributed by atoms with E-state index >= 15 is 0 Å². The average molecular weight is 332 g/mol. The Morgan fingerprint density at radius 3 is 2.71 bits per heavy atom. The molecule has 0 amide bonds. The lowest BCUT2D eigenvalue weighted by atomic mass is 9.65. The first-order chi connectivity index (χ1) is 11.3. The van der Waals surface area contributed by atoms with Gasteiger partial charge in [0.1, 0.15) is 17.6 Å². The summed E-state index contributed by atoms with van der Waals surface area (Å²) in [4.78, 5) is 0. The molecule has 4 atom stereocenters. The van der Waals surface area contributed by atoms with E-state index in [0.29, 0.717) is 17.6 Å². The van der Waals surface area contributed by atoms with Crippen LogP contribution in [0.1, 0.15) is 76.8 Å². The van der Waals surface area contributed by atoms with Gasteiger partial charge in [-0.2, -0.15) is 0 Å². The number of phenols is 1. The molecule has 2 aliphatic rings. The molecule has 0 saturated heterocycles. The number of aliphatic hydroxyl groups is 1. The minimum absolute atomic E-state index is 0.0911. The Hall–Kier alpha value is -1.22. The Morgan fingerprint density at radius 2 is 2.04 bits per heavy atom. The number of aryl methyl sites for hydroxylation is 1. The van der Waals surface area contributed by atoms with E-state index in [4.69, 9.17) is 4.74 Å².